The number of hydrogen-bond acceptors (Lipinski definition) is 2. The molecule has 1 aromatic carbocycles. The minimum Gasteiger partial charge on any atom is -0.337 e. The predicted octanol–water partition coefficient (Wildman–Crippen LogP) is 2.87. The summed E-state index contributed by atoms with van der Waals surface area (Å²) >= 11 is 0. The molecule has 1 fully saturated rings. The van der Waals surface area contributed by atoms with Crippen LogP contribution in [0, 0.1) is 13.8 Å². The first-order valence-electron chi connectivity index (χ1n) is 7.58. The van der Waals surface area contributed by atoms with Crippen LogP contribution < -0.4 is 5.32 Å². The number of rotatable bonds is 3. The number of carbonyl (C=O) groups excluding carboxylic acids is 1. The van der Waals surface area contributed by atoms with E-state index >= 15 is 0 Å². The Hall–Kier alpha value is -1.06. The molecule has 0 aliphatic carbocycles. The van der Waals surface area contributed by atoms with E-state index < -0.39 is 0 Å². The topological polar surface area (TPSA) is 32.3 Å². The van der Waals surface area contributed by atoms with Gasteiger partial charge in [-0.25, -0.2) is 0 Å². The van der Waals surface area contributed by atoms with Crippen molar-refractivity contribution in [1.82, 2.24) is 10.2 Å². The fraction of sp³-hybridized carbons (Fsp3) is 0.588. The van der Waals surface area contributed by atoms with Crippen molar-refractivity contribution >= 4 is 18.3 Å². The van der Waals surface area contributed by atoms with Crippen LogP contribution in [0.25, 0.3) is 0 Å². The molecule has 1 aliphatic rings. The molecule has 1 N–H and O–H groups in total. The summed E-state index contributed by atoms with van der Waals surface area (Å²) in [6.45, 7) is 10.2. The van der Waals surface area contributed by atoms with Crippen molar-refractivity contribution in [2.75, 3.05) is 13.1 Å². The van der Waals surface area contributed by atoms with Crippen LogP contribution in [0.5, 0.6) is 0 Å². The fourth-order valence-corrected chi connectivity index (χ4v) is 2.92. The minimum absolute atomic E-state index is 0. The largest absolute Gasteiger partial charge is 0.337 e. The van der Waals surface area contributed by atoms with Gasteiger partial charge in [-0.3, -0.25) is 4.79 Å². The molecule has 1 saturated heterocycles. The number of carbonyl (C=O) groups is 1. The third-order valence-corrected chi connectivity index (χ3v) is 4.46. The van der Waals surface area contributed by atoms with E-state index in [0.717, 1.165) is 19.5 Å². The number of hydrogen-bond donors (Lipinski definition) is 1. The van der Waals surface area contributed by atoms with Gasteiger partial charge in [0.1, 0.15) is 0 Å². The third kappa shape index (κ3) is 4.45. The molecular formula is C17H27ClN2O. The lowest BCUT2D eigenvalue weighted by molar-refractivity contribution is -0.134. The third-order valence-electron chi connectivity index (χ3n) is 4.46. The smallest absolute Gasteiger partial charge is 0.223 e. The highest BCUT2D eigenvalue weighted by molar-refractivity contribution is 5.85. The van der Waals surface area contributed by atoms with E-state index in [1.54, 1.807) is 0 Å². The van der Waals surface area contributed by atoms with E-state index in [1.807, 2.05) is 4.90 Å². The molecule has 2 unspecified atom stereocenters. The lowest BCUT2D eigenvalue weighted by atomic mass is 10.0. The molecule has 1 aliphatic heterocycles. The molecule has 1 amide bonds. The van der Waals surface area contributed by atoms with Crippen molar-refractivity contribution in [3.8, 4) is 0 Å². The van der Waals surface area contributed by atoms with Crippen LogP contribution in [0.1, 0.15) is 37.0 Å². The summed E-state index contributed by atoms with van der Waals surface area (Å²) < 4.78 is 0. The normalized spacial score (nSPS) is 21.8. The molecule has 118 valence electrons. The zero-order chi connectivity index (χ0) is 14.7. The molecule has 1 aromatic rings. The molecule has 0 saturated carbocycles. The summed E-state index contributed by atoms with van der Waals surface area (Å²) in [7, 11) is 0. The maximum atomic E-state index is 12.4. The number of amides is 1. The minimum atomic E-state index is 0. The molecule has 2 atom stereocenters. The Bertz CT molecular complexity index is 490. The van der Waals surface area contributed by atoms with Crippen molar-refractivity contribution in [2.24, 2.45) is 0 Å². The molecule has 0 spiro atoms. The Balaban J connectivity index is 0.00000220. The van der Waals surface area contributed by atoms with Gasteiger partial charge in [-0.2, -0.15) is 0 Å². The summed E-state index contributed by atoms with van der Waals surface area (Å²) in [5.74, 6) is 0.283. The van der Waals surface area contributed by atoms with Gasteiger partial charge in [0.05, 0.1) is 0 Å². The summed E-state index contributed by atoms with van der Waals surface area (Å²) in [5.41, 5.74) is 3.86. The van der Waals surface area contributed by atoms with Gasteiger partial charge in [0, 0.05) is 31.6 Å². The zero-order valence-corrected chi connectivity index (χ0v) is 14.3. The van der Waals surface area contributed by atoms with Gasteiger partial charge in [-0.05, 0) is 45.2 Å². The summed E-state index contributed by atoms with van der Waals surface area (Å²) in [4.78, 5) is 14.4. The highest BCUT2D eigenvalue weighted by Crippen LogP contribution is 2.15. The average Bonchev–Trinajstić information content (AvgIpc) is 2.40. The van der Waals surface area contributed by atoms with E-state index in [4.69, 9.17) is 0 Å². The average molecular weight is 311 g/mol. The van der Waals surface area contributed by atoms with Gasteiger partial charge in [-0.1, -0.05) is 23.8 Å². The number of aryl methyl sites for hydroxylation is 3. The quantitative estimate of drug-likeness (QED) is 0.931. The summed E-state index contributed by atoms with van der Waals surface area (Å²) in [6, 6.07) is 7.14. The maximum absolute atomic E-state index is 12.4. The van der Waals surface area contributed by atoms with Gasteiger partial charge in [-0.15, -0.1) is 12.4 Å². The van der Waals surface area contributed by atoms with E-state index in [0.29, 0.717) is 12.5 Å². The fourth-order valence-electron chi connectivity index (χ4n) is 2.92. The van der Waals surface area contributed by atoms with Gasteiger partial charge in [0.25, 0.3) is 0 Å². The number of piperazine rings is 1. The van der Waals surface area contributed by atoms with Crippen molar-refractivity contribution in [2.45, 2.75) is 52.6 Å². The first-order chi connectivity index (χ1) is 9.49. The number of nitrogens with zero attached hydrogens (tertiary/aromatic N) is 1. The van der Waals surface area contributed by atoms with Crippen LogP contribution in [-0.4, -0.2) is 36.0 Å². The van der Waals surface area contributed by atoms with Crippen molar-refractivity contribution in [1.29, 1.82) is 0 Å². The molecule has 2 rings (SSSR count). The van der Waals surface area contributed by atoms with Crippen LogP contribution in [0.15, 0.2) is 18.2 Å². The first kappa shape index (κ1) is 18.0. The Morgan fingerprint density at radius 1 is 1.33 bits per heavy atom. The van der Waals surface area contributed by atoms with Gasteiger partial charge >= 0.3 is 0 Å². The number of halogens is 1. The molecule has 0 radical (unpaired) electrons. The predicted molar refractivity (Wildman–Crippen MR) is 90.1 cm³/mol. The first-order valence-corrected chi connectivity index (χ1v) is 7.58. The second kappa shape index (κ2) is 7.81. The zero-order valence-electron chi connectivity index (χ0n) is 13.5. The molecular weight excluding hydrogens is 284 g/mol. The van der Waals surface area contributed by atoms with Crippen LogP contribution in [0.4, 0.5) is 0 Å². The molecule has 0 aromatic heterocycles. The van der Waals surface area contributed by atoms with Crippen LogP contribution >= 0.6 is 12.4 Å². The van der Waals surface area contributed by atoms with Crippen molar-refractivity contribution in [3.05, 3.63) is 34.9 Å². The number of nitrogens with one attached hydrogen (secondary N) is 1. The Labute approximate surface area is 134 Å². The molecule has 4 heteroatoms. The Morgan fingerprint density at radius 3 is 2.71 bits per heavy atom. The van der Waals surface area contributed by atoms with Crippen molar-refractivity contribution < 1.29 is 4.79 Å². The summed E-state index contributed by atoms with van der Waals surface area (Å²) in [6.07, 6.45) is 1.46. The SMILES string of the molecule is Cc1ccc(CCC(=O)N2CCNC(C)C2C)c(C)c1.Cl. The van der Waals surface area contributed by atoms with E-state index in [9.17, 15) is 4.79 Å². The van der Waals surface area contributed by atoms with Gasteiger partial charge in [0.2, 0.25) is 5.91 Å². The Morgan fingerprint density at radius 2 is 2.05 bits per heavy atom. The lowest BCUT2D eigenvalue weighted by Gasteiger charge is -2.38. The maximum Gasteiger partial charge on any atom is 0.223 e. The molecule has 1 heterocycles. The Kier molecular flexibility index (Phi) is 6.69. The standard InChI is InChI=1S/C17H26N2O.ClH/c1-12-5-6-16(13(2)11-12)7-8-17(20)19-10-9-18-14(3)15(19)4;/h5-6,11,14-15,18H,7-10H2,1-4H3;1H. The second-order valence-corrected chi connectivity index (χ2v) is 6.00. The lowest BCUT2D eigenvalue weighted by Crippen LogP contribution is -2.57. The highest BCUT2D eigenvalue weighted by atomic mass is 35.5. The van der Waals surface area contributed by atoms with Gasteiger partial charge in [0.15, 0.2) is 0 Å². The molecule has 21 heavy (non-hydrogen) atoms. The van der Waals surface area contributed by atoms with E-state index in [2.05, 4.69) is 51.2 Å². The summed E-state index contributed by atoms with van der Waals surface area (Å²) in [5, 5.41) is 3.41. The second-order valence-electron chi connectivity index (χ2n) is 6.00. The number of benzene rings is 1. The monoisotopic (exact) mass is 310 g/mol. The van der Waals surface area contributed by atoms with E-state index in [1.165, 1.54) is 16.7 Å². The highest BCUT2D eigenvalue weighted by Gasteiger charge is 2.27. The van der Waals surface area contributed by atoms with Crippen molar-refractivity contribution in [3.63, 3.8) is 0 Å². The van der Waals surface area contributed by atoms with Crippen LogP contribution in [0.3, 0.4) is 0 Å². The van der Waals surface area contributed by atoms with Crippen LogP contribution in [-0.2, 0) is 11.2 Å². The van der Waals surface area contributed by atoms with Gasteiger partial charge < -0.3 is 10.2 Å². The molecule has 3 nitrogen and oxygen atoms in total. The molecule has 0 bridgehead atoms. The van der Waals surface area contributed by atoms with Crippen LogP contribution in [0.2, 0.25) is 0 Å². The van der Waals surface area contributed by atoms with E-state index in [-0.39, 0.29) is 24.4 Å².